The van der Waals surface area contributed by atoms with E-state index in [2.05, 4.69) is 30.6 Å². The van der Waals surface area contributed by atoms with Crippen LogP contribution in [0, 0.1) is 0 Å². The molecule has 0 spiro atoms. The Morgan fingerprint density at radius 2 is 2.33 bits per heavy atom. The highest BCUT2D eigenvalue weighted by Crippen LogP contribution is 2.27. The molecule has 0 bridgehead atoms. The van der Waals surface area contributed by atoms with Gasteiger partial charge < -0.3 is 16.0 Å². The Labute approximate surface area is 127 Å². The number of amides is 1. The number of hydrogen-bond donors (Lipinski definition) is 2. The van der Waals surface area contributed by atoms with Crippen LogP contribution in [0.4, 0.5) is 0 Å². The monoisotopic (exact) mass is 289 g/mol. The Morgan fingerprint density at radius 1 is 1.62 bits per heavy atom. The first-order chi connectivity index (χ1) is 9.95. The van der Waals surface area contributed by atoms with E-state index < -0.39 is 0 Å². The summed E-state index contributed by atoms with van der Waals surface area (Å²) in [6.45, 7) is 12.1. The number of hydrogen-bond acceptors (Lipinski definition) is 3. The molecule has 0 aromatic rings. The summed E-state index contributed by atoms with van der Waals surface area (Å²) < 4.78 is 0. The van der Waals surface area contributed by atoms with Crippen LogP contribution in [-0.2, 0) is 4.79 Å². The third kappa shape index (κ3) is 3.21. The third-order valence-corrected chi connectivity index (χ3v) is 4.70. The van der Waals surface area contributed by atoms with Gasteiger partial charge in [0.05, 0.1) is 0 Å². The molecular weight excluding hydrogens is 262 g/mol. The van der Waals surface area contributed by atoms with E-state index in [4.69, 9.17) is 5.73 Å². The maximum atomic E-state index is 12.1. The molecule has 1 amide bonds. The highest BCUT2D eigenvalue weighted by atomic mass is 16.2. The summed E-state index contributed by atoms with van der Waals surface area (Å²) in [6, 6.07) is 0.514. The van der Waals surface area contributed by atoms with Crippen molar-refractivity contribution in [1.29, 1.82) is 0 Å². The summed E-state index contributed by atoms with van der Waals surface area (Å²) in [5.74, 6) is -0.0133. The molecule has 0 saturated carbocycles. The molecule has 0 radical (unpaired) electrons. The smallest absolute Gasteiger partial charge is 0.251 e. The quantitative estimate of drug-likeness (QED) is 0.779. The number of nitrogens with zero attached hydrogens (tertiary/aromatic N) is 1. The van der Waals surface area contributed by atoms with Gasteiger partial charge >= 0.3 is 0 Å². The predicted molar refractivity (Wildman–Crippen MR) is 86.6 cm³/mol. The van der Waals surface area contributed by atoms with Crippen molar-refractivity contribution in [2.24, 2.45) is 5.73 Å². The molecule has 2 aliphatic rings. The summed E-state index contributed by atoms with van der Waals surface area (Å²) in [6.07, 6.45) is 5.20. The summed E-state index contributed by atoms with van der Waals surface area (Å²) in [4.78, 5) is 14.4. The van der Waals surface area contributed by atoms with E-state index in [1.165, 1.54) is 12.8 Å². The number of rotatable bonds is 4. The fraction of sp³-hybridized carbons (Fsp3) is 0.588. The molecule has 116 valence electrons. The van der Waals surface area contributed by atoms with E-state index in [0.717, 1.165) is 35.4 Å². The molecule has 2 heterocycles. The number of nitrogens with one attached hydrogen (secondary N) is 1. The van der Waals surface area contributed by atoms with Crippen LogP contribution in [0.3, 0.4) is 0 Å². The second kappa shape index (κ2) is 6.48. The fourth-order valence-corrected chi connectivity index (χ4v) is 3.14. The third-order valence-electron chi connectivity index (χ3n) is 4.70. The van der Waals surface area contributed by atoms with Gasteiger partial charge in [-0.05, 0) is 44.8 Å². The zero-order chi connectivity index (χ0) is 15.6. The summed E-state index contributed by atoms with van der Waals surface area (Å²) >= 11 is 0. The second-order valence-electron chi connectivity index (χ2n) is 6.09. The Bertz CT molecular complexity index is 504. The molecule has 3 N–H and O–H groups in total. The van der Waals surface area contributed by atoms with Gasteiger partial charge in [0.25, 0.3) is 5.91 Å². The summed E-state index contributed by atoms with van der Waals surface area (Å²) in [5.41, 5.74) is 9.94. The first kappa shape index (κ1) is 15.8. The molecule has 21 heavy (non-hydrogen) atoms. The highest BCUT2D eigenvalue weighted by molar-refractivity contribution is 6.02. The van der Waals surface area contributed by atoms with Gasteiger partial charge in [-0.25, -0.2) is 0 Å². The standard InChI is InChI=1S/C17H27N3O/c1-5-16(18)13(4)15-10-19-17(21)14(15)9-12(3)20-8-6-7-11(20)2/h9,11,16H,3,5-8,10,18H2,1-2,4H3,(H,19,21)/b14-9+,15-13+. The van der Waals surface area contributed by atoms with Crippen molar-refractivity contribution in [3.63, 3.8) is 0 Å². The Kier molecular flexibility index (Phi) is 4.88. The average Bonchev–Trinajstić information content (AvgIpc) is 3.04. The summed E-state index contributed by atoms with van der Waals surface area (Å²) in [7, 11) is 0. The number of nitrogens with two attached hydrogens (primary N) is 1. The van der Waals surface area contributed by atoms with Crippen molar-refractivity contribution < 1.29 is 4.79 Å². The Hall–Kier alpha value is -1.55. The highest BCUT2D eigenvalue weighted by Gasteiger charge is 2.27. The molecule has 2 aliphatic heterocycles. The van der Waals surface area contributed by atoms with Crippen LogP contribution in [0.15, 0.2) is 35.1 Å². The van der Waals surface area contributed by atoms with Crippen molar-refractivity contribution >= 4 is 5.91 Å². The normalized spacial score (nSPS) is 28.0. The molecule has 4 heteroatoms. The van der Waals surface area contributed by atoms with Crippen molar-refractivity contribution in [3.8, 4) is 0 Å². The van der Waals surface area contributed by atoms with E-state index in [1.807, 2.05) is 13.0 Å². The minimum absolute atomic E-state index is 0.00933. The van der Waals surface area contributed by atoms with E-state index in [-0.39, 0.29) is 11.9 Å². The molecule has 0 aromatic carbocycles. The zero-order valence-corrected chi connectivity index (χ0v) is 13.4. The van der Waals surface area contributed by atoms with E-state index >= 15 is 0 Å². The van der Waals surface area contributed by atoms with Gasteiger partial charge in [0, 0.05) is 36.4 Å². The second-order valence-corrected chi connectivity index (χ2v) is 6.09. The maximum Gasteiger partial charge on any atom is 0.251 e. The number of likely N-dealkylation sites (tertiary alicyclic amines) is 1. The Balaban J connectivity index is 2.28. The molecule has 2 unspecified atom stereocenters. The topological polar surface area (TPSA) is 58.4 Å². The van der Waals surface area contributed by atoms with Gasteiger partial charge in [-0.1, -0.05) is 19.1 Å². The van der Waals surface area contributed by atoms with Gasteiger partial charge in [0.2, 0.25) is 0 Å². The SMILES string of the molecule is C=C(/C=C1/C(=O)NC/C1=C(/C)C(N)CC)N1CCCC1C. The van der Waals surface area contributed by atoms with Crippen molar-refractivity contribution in [2.75, 3.05) is 13.1 Å². The van der Waals surface area contributed by atoms with Crippen LogP contribution in [0.1, 0.15) is 40.0 Å². The lowest BCUT2D eigenvalue weighted by Crippen LogP contribution is -2.25. The lowest BCUT2D eigenvalue weighted by molar-refractivity contribution is -0.116. The minimum Gasteiger partial charge on any atom is -0.369 e. The lowest BCUT2D eigenvalue weighted by Gasteiger charge is -2.24. The molecule has 2 atom stereocenters. The average molecular weight is 289 g/mol. The number of carbonyl (C=O) groups excluding carboxylic acids is 1. The van der Waals surface area contributed by atoms with Crippen LogP contribution in [0.25, 0.3) is 0 Å². The fourth-order valence-electron chi connectivity index (χ4n) is 3.14. The van der Waals surface area contributed by atoms with Crippen molar-refractivity contribution in [1.82, 2.24) is 10.2 Å². The van der Waals surface area contributed by atoms with E-state index in [1.54, 1.807) is 0 Å². The largest absolute Gasteiger partial charge is 0.369 e. The molecular formula is C17H27N3O. The number of carbonyl (C=O) groups is 1. The van der Waals surface area contributed by atoms with Crippen LogP contribution in [-0.4, -0.2) is 36.0 Å². The first-order valence-electron chi connectivity index (χ1n) is 7.86. The van der Waals surface area contributed by atoms with Crippen molar-refractivity contribution in [2.45, 2.75) is 52.1 Å². The molecule has 0 aromatic heterocycles. The zero-order valence-electron chi connectivity index (χ0n) is 13.4. The van der Waals surface area contributed by atoms with E-state index in [9.17, 15) is 4.79 Å². The Morgan fingerprint density at radius 3 is 2.90 bits per heavy atom. The first-order valence-corrected chi connectivity index (χ1v) is 7.86. The molecule has 4 nitrogen and oxygen atoms in total. The van der Waals surface area contributed by atoms with Crippen molar-refractivity contribution in [3.05, 3.63) is 35.1 Å². The van der Waals surface area contributed by atoms with Crippen LogP contribution in [0.5, 0.6) is 0 Å². The number of allylic oxidation sites excluding steroid dienone is 1. The van der Waals surface area contributed by atoms with Crippen LogP contribution < -0.4 is 11.1 Å². The molecule has 0 aliphatic carbocycles. The van der Waals surface area contributed by atoms with Gasteiger partial charge in [0.1, 0.15) is 0 Å². The minimum atomic E-state index is -0.0133. The van der Waals surface area contributed by atoms with Gasteiger partial charge in [-0.15, -0.1) is 0 Å². The maximum absolute atomic E-state index is 12.1. The summed E-state index contributed by atoms with van der Waals surface area (Å²) in [5, 5.41) is 2.91. The van der Waals surface area contributed by atoms with Crippen LogP contribution >= 0.6 is 0 Å². The van der Waals surface area contributed by atoms with E-state index in [0.29, 0.717) is 12.6 Å². The molecule has 2 fully saturated rings. The van der Waals surface area contributed by atoms with Gasteiger partial charge in [-0.2, -0.15) is 0 Å². The molecule has 2 saturated heterocycles. The van der Waals surface area contributed by atoms with Gasteiger partial charge in [0.15, 0.2) is 0 Å². The molecule has 2 rings (SSSR count). The lowest BCUT2D eigenvalue weighted by atomic mass is 9.96. The van der Waals surface area contributed by atoms with Gasteiger partial charge in [-0.3, -0.25) is 4.79 Å². The predicted octanol–water partition coefficient (Wildman–Crippen LogP) is 2.09. The van der Waals surface area contributed by atoms with Crippen LogP contribution in [0.2, 0.25) is 0 Å².